The molecule has 3 atom stereocenters. The molecule has 17 heavy (non-hydrogen) atoms. The second-order valence-corrected chi connectivity index (χ2v) is 5.98. The Hall–Kier alpha value is -0.550. The van der Waals surface area contributed by atoms with Crippen LogP contribution in [0.2, 0.25) is 0 Å². The van der Waals surface area contributed by atoms with Gasteiger partial charge in [-0.25, -0.2) is 0 Å². The van der Waals surface area contributed by atoms with Crippen LogP contribution in [0.4, 0.5) is 0 Å². The zero-order chi connectivity index (χ0) is 12.1. The number of hydrogen-bond donors (Lipinski definition) is 1. The normalized spacial score (nSPS) is 32.9. The van der Waals surface area contributed by atoms with Crippen molar-refractivity contribution in [1.82, 2.24) is 5.32 Å². The maximum atomic E-state index is 9.19. The fourth-order valence-electron chi connectivity index (χ4n) is 3.59. The van der Waals surface area contributed by atoms with Crippen LogP contribution < -0.4 is 5.32 Å². The van der Waals surface area contributed by atoms with Crippen LogP contribution in [0.3, 0.4) is 0 Å². The Morgan fingerprint density at radius 2 is 1.65 bits per heavy atom. The monoisotopic (exact) mass is 234 g/mol. The Balaban J connectivity index is 1.83. The van der Waals surface area contributed by atoms with Gasteiger partial charge < -0.3 is 5.32 Å². The van der Waals surface area contributed by atoms with Crippen molar-refractivity contribution in [3.8, 4) is 6.07 Å². The number of rotatable bonds is 3. The van der Waals surface area contributed by atoms with Gasteiger partial charge in [0.05, 0.1) is 12.0 Å². The molecule has 2 saturated carbocycles. The van der Waals surface area contributed by atoms with Gasteiger partial charge >= 0.3 is 0 Å². The highest BCUT2D eigenvalue weighted by Crippen LogP contribution is 2.29. The summed E-state index contributed by atoms with van der Waals surface area (Å²) < 4.78 is 0. The summed E-state index contributed by atoms with van der Waals surface area (Å²) in [5.41, 5.74) is 0. The van der Waals surface area contributed by atoms with Crippen LogP contribution >= 0.6 is 0 Å². The molecule has 2 nitrogen and oxygen atoms in total. The van der Waals surface area contributed by atoms with Crippen molar-refractivity contribution in [1.29, 1.82) is 5.26 Å². The van der Waals surface area contributed by atoms with Crippen molar-refractivity contribution >= 4 is 0 Å². The summed E-state index contributed by atoms with van der Waals surface area (Å²) in [5.74, 6) is 1.11. The summed E-state index contributed by atoms with van der Waals surface area (Å²) in [6, 6.07) is 3.57. The highest BCUT2D eigenvalue weighted by molar-refractivity contribution is 4.96. The molecule has 2 unspecified atom stereocenters. The lowest BCUT2D eigenvalue weighted by atomic mass is 9.81. The lowest BCUT2D eigenvalue weighted by molar-refractivity contribution is 0.223. The van der Waals surface area contributed by atoms with Crippen molar-refractivity contribution in [2.45, 2.75) is 76.8 Å². The van der Waals surface area contributed by atoms with Crippen molar-refractivity contribution in [3.05, 3.63) is 0 Å². The molecule has 0 radical (unpaired) electrons. The molecule has 2 fully saturated rings. The average Bonchev–Trinajstić information content (AvgIpc) is 2.40. The summed E-state index contributed by atoms with van der Waals surface area (Å²) in [7, 11) is 0. The van der Waals surface area contributed by atoms with E-state index < -0.39 is 0 Å². The Morgan fingerprint density at radius 1 is 1.00 bits per heavy atom. The second-order valence-electron chi connectivity index (χ2n) is 5.98. The Morgan fingerprint density at radius 3 is 2.35 bits per heavy atom. The van der Waals surface area contributed by atoms with Crippen molar-refractivity contribution < 1.29 is 0 Å². The van der Waals surface area contributed by atoms with E-state index in [9.17, 15) is 5.26 Å². The molecule has 0 aromatic carbocycles. The largest absolute Gasteiger partial charge is 0.310 e. The SMILES string of the molecule is C[C@H](NC1CCCCC1C#N)C1CCCCC1. The molecule has 2 heteroatoms. The van der Waals surface area contributed by atoms with Crippen molar-refractivity contribution in [2.24, 2.45) is 11.8 Å². The van der Waals surface area contributed by atoms with E-state index >= 15 is 0 Å². The number of nitrogens with one attached hydrogen (secondary N) is 1. The first-order valence-corrected chi connectivity index (χ1v) is 7.47. The maximum Gasteiger partial charge on any atom is 0.0672 e. The Labute approximate surface area is 106 Å². The minimum absolute atomic E-state index is 0.259. The number of hydrogen-bond acceptors (Lipinski definition) is 2. The van der Waals surface area contributed by atoms with Gasteiger partial charge in [0.25, 0.3) is 0 Å². The molecule has 1 N–H and O–H groups in total. The van der Waals surface area contributed by atoms with Crippen LogP contribution in [0.25, 0.3) is 0 Å². The molecule has 96 valence electrons. The highest BCUT2D eigenvalue weighted by Gasteiger charge is 2.28. The number of nitrogens with zero attached hydrogens (tertiary/aromatic N) is 1. The van der Waals surface area contributed by atoms with Gasteiger partial charge in [-0.05, 0) is 38.5 Å². The summed E-state index contributed by atoms with van der Waals surface area (Å²) in [6.07, 6.45) is 11.9. The molecule has 0 bridgehead atoms. The van der Waals surface area contributed by atoms with E-state index in [-0.39, 0.29) is 5.92 Å². The van der Waals surface area contributed by atoms with Gasteiger partial charge in [-0.2, -0.15) is 5.26 Å². The van der Waals surface area contributed by atoms with E-state index in [0.717, 1.165) is 12.3 Å². The predicted molar refractivity (Wildman–Crippen MR) is 70.5 cm³/mol. The molecule has 2 rings (SSSR count). The average molecular weight is 234 g/mol. The van der Waals surface area contributed by atoms with Crippen LogP contribution in [0, 0.1) is 23.2 Å². The number of nitriles is 1. The van der Waals surface area contributed by atoms with Crippen LogP contribution in [-0.2, 0) is 0 Å². The van der Waals surface area contributed by atoms with Crippen LogP contribution in [0.15, 0.2) is 0 Å². The molecule has 0 spiro atoms. The lowest BCUT2D eigenvalue weighted by Gasteiger charge is -2.35. The Bertz CT molecular complexity index is 263. The fourth-order valence-corrected chi connectivity index (χ4v) is 3.59. The van der Waals surface area contributed by atoms with Crippen LogP contribution in [0.1, 0.15) is 64.7 Å². The van der Waals surface area contributed by atoms with E-state index in [1.54, 1.807) is 0 Å². The third-order valence-corrected chi connectivity index (χ3v) is 4.77. The zero-order valence-electron chi connectivity index (χ0n) is 11.1. The molecular formula is C15H26N2. The molecule has 2 aliphatic rings. The van der Waals surface area contributed by atoms with Gasteiger partial charge in [-0.15, -0.1) is 0 Å². The Kier molecular flexibility index (Phi) is 4.86. The van der Waals surface area contributed by atoms with Crippen molar-refractivity contribution in [3.63, 3.8) is 0 Å². The van der Waals surface area contributed by atoms with Gasteiger partial charge in [0.15, 0.2) is 0 Å². The summed E-state index contributed by atoms with van der Waals surface area (Å²) in [4.78, 5) is 0. The smallest absolute Gasteiger partial charge is 0.0672 e. The standard InChI is InChI=1S/C15H26N2/c1-12(13-7-3-2-4-8-13)17-15-10-6-5-9-14(15)11-16/h12-15,17H,2-10H2,1H3/t12-,14?,15?/m0/s1. The van der Waals surface area contributed by atoms with Gasteiger partial charge in [0.1, 0.15) is 0 Å². The first-order valence-electron chi connectivity index (χ1n) is 7.47. The molecule has 0 aromatic rings. The first kappa shape index (κ1) is 12.9. The summed E-state index contributed by atoms with van der Waals surface area (Å²) in [5, 5.41) is 13.0. The minimum Gasteiger partial charge on any atom is -0.310 e. The van der Waals surface area contributed by atoms with Crippen LogP contribution in [-0.4, -0.2) is 12.1 Å². The molecule has 0 amide bonds. The van der Waals surface area contributed by atoms with E-state index in [4.69, 9.17) is 0 Å². The third-order valence-electron chi connectivity index (χ3n) is 4.77. The highest BCUT2D eigenvalue weighted by atomic mass is 15.0. The lowest BCUT2D eigenvalue weighted by Crippen LogP contribution is -2.46. The molecule has 0 heterocycles. The fraction of sp³-hybridized carbons (Fsp3) is 0.933. The van der Waals surface area contributed by atoms with Gasteiger partial charge in [0.2, 0.25) is 0 Å². The molecule has 0 aromatic heterocycles. The zero-order valence-corrected chi connectivity index (χ0v) is 11.1. The van der Waals surface area contributed by atoms with Crippen molar-refractivity contribution in [2.75, 3.05) is 0 Å². The van der Waals surface area contributed by atoms with Crippen LogP contribution in [0.5, 0.6) is 0 Å². The van der Waals surface area contributed by atoms with Gasteiger partial charge in [0, 0.05) is 12.1 Å². The summed E-state index contributed by atoms with van der Waals surface area (Å²) >= 11 is 0. The van der Waals surface area contributed by atoms with E-state index in [1.807, 2.05) is 0 Å². The van der Waals surface area contributed by atoms with E-state index in [1.165, 1.54) is 51.4 Å². The van der Waals surface area contributed by atoms with E-state index in [2.05, 4.69) is 18.3 Å². The molecule has 0 saturated heterocycles. The second kappa shape index (κ2) is 6.40. The van der Waals surface area contributed by atoms with E-state index in [0.29, 0.717) is 12.1 Å². The summed E-state index contributed by atoms with van der Waals surface area (Å²) in [6.45, 7) is 2.33. The molecular weight excluding hydrogens is 208 g/mol. The molecule has 2 aliphatic carbocycles. The van der Waals surface area contributed by atoms with Gasteiger partial charge in [-0.3, -0.25) is 0 Å². The molecule has 0 aliphatic heterocycles. The quantitative estimate of drug-likeness (QED) is 0.809. The van der Waals surface area contributed by atoms with Gasteiger partial charge in [-0.1, -0.05) is 32.1 Å². The third kappa shape index (κ3) is 3.45. The minimum atomic E-state index is 0.259. The topological polar surface area (TPSA) is 35.8 Å². The first-order chi connectivity index (χ1) is 8.31. The predicted octanol–water partition coefficient (Wildman–Crippen LogP) is 3.63. The maximum absolute atomic E-state index is 9.19.